The van der Waals surface area contributed by atoms with Crippen LogP contribution in [0, 0.1) is 5.82 Å². The van der Waals surface area contributed by atoms with Crippen molar-refractivity contribution in [1.29, 1.82) is 0 Å². The predicted octanol–water partition coefficient (Wildman–Crippen LogP) is 0.155. The number of aromatic nitrogens is 1. The predicted molar refractivity (Wildman–Crippen MR) is 100 cm³/mol. The number of carbonyl (C=O) groups excluding carboxylic acids is 4. The Bertz CT molecular complexity index is 784. The topological polar surface area (TPSA) is 192 Å². The maximum atomic E-state index is 13.4. The molecule has 0 unspecified atom stereocenters. The number of pyridine rings is 1. The van der Waals surface area contributed by atoms with E-state index in [-0.39, 0.29) is 31.1 Å². The number of nitrogens with zero attached hydrogens (tertiary/aromatic N) is 1. The fourth-order valence-electron chi connectivity index (χ4n) is 2.22. The van der Waals surface area contributed by atoms with Crippen molar-refractivity contribution in [3.63, 3.8) is 0 Å². The number of amides is 3. The molecule has 0 bridgehead atoms. The third-order valence-corrected chi connectivity index (χ3v) is 3.69. The van der Waals surface area contributed by atoms with E-state index in [4.69, 9.17) is 19.8 Å². The van der Waals surface area contributed by atoms with Gasteiger partial charge >= 0.3 is 24.1 Å². The van der Waals surface area contributed by atoms with Crippen LogP contribution in [-0.4, -0.2) is 64.4 Å². The highest BCUT2D eigenvalue weighted by Crippen LogP contribution is 2.04. The average molecular weight is 441 g/mol. The maximum absolute atomic E-state index is 13.4. The van der Waals surface area contributed by atoms with Gasteiger partial charge in [-0.2, -0.15) is 9.59 Å². The summed E-state index contributed by atoms with van der Waals surface area (Å²) in [6, 6.07) is -0.687. The lowest BCUT2D eigenvalue weighted by Gasteiger charge is -2.14. The van der Waals surface area contributed by atoms with Gasteiger partial charge in [0.2, 0.25) is 0 Å². The molecule has 0 fully saturated rings. The molecule has 0 aromatic carbocycles. The van der Waals surface area contributed by atoms with Gasteiger partial charge in [0.25, 0.3) is 5.91 Å². The van der Waals surface area contributed by atoms with E-state index in [2.05, 4.69) is 20.9 Å². The monoisotopic (exact) mass is 441 g/mol. The lowest BCUT2D eigenvalue weighted by Crippen LogP contribution is -2.46. The summed E-state index contributed by atoms with van der Waals surface area (Å²) in [5.74, 6) is -3.68. The largest absolute Gasteiger partial charge is 0.481 e. The van der Waals surface area contributed by atoms with Crippen molar-refractivity contribution >= 4 is 30.0 Å². The molecule has 12 nitrogen and oxygen atoms in total. The van der Waals surface area contributed by atoms with Gasteiger partial charge in [-0.15, -0.1) is 0 Å². The molecule has 0 radical (unpaired) electrons. The summed E-state index contributed by atoms with van der Waals surface area (Å²) in [7, 11) is 0. The summed E-state index contributed by atoms with van der Waals surface area (Å²) in [4.78, 5) is 64.7. The first-order valence-electron chi connectivity index (χ1n) is 9.08. The number of unbranched alkanes of at least 4 members (excludes halogenated alkanes) is 2. The second kappa shape index (κ2) is 16.0. The van der Waals surface area contributed by atoms with E-state index in [1.807, 2.05) is 0 Å². The number of halogens is 1. The highest BCUT2D eigenvalue weighted by Gasteiger charge is 2.20. The number of rotatable bonds is 12. The van der Waals surface area contributed by atoms with Crippen LogP contribution in [0.25, 0.3) is 0 Å². The van der Waals surface area contributed by atoms with Crippen LogP contribution in [0.2, 0.25) is 0 Å². The normalized spacial score (nSPS) is 10.5. The van der Waals surface area contributed by atoms with Crippen molar-refractivity contribution < 1.29 is 43.4 Å². The minimum absolute atomic E-state index is 0.0794. The van der Waals surface area contributed by atoms with E-state index in [9.17, 15) is 23.6 Å². The van der Waals surface area contributed by atoms with Gasteiger partial charge in [-0.3, -0.25) is 14.6 Å². The number of aliphatic carboxylic acids is 2. The molecule has 3 amide bonds. The number of carbonyl (C=O) groups is 4. The van der Waals surface area contributed by atoms with Gasteiger partial charge in [-0.25, -0.2) is 14.0 Å². The minimum Gasteiger partial charge on any atom is -0.481 e. The molecule has 170 valence electrons. The Morgan fingerprint density at radius 3 is 2.23 bits per heavy atom. The molecule has 1 heterocycles. The molecule has 0 spiro atoms. The van der Waals surface area contributed by atoms with Crippen molar-refractivity contribution in [2.75, 3.05) is 13.1 Å². The molecule has 1 aromatic rings. The van der Waals surface area contributed by atoms with Gasteiger partial charge in [0, 0.05) is 25.7 Å². The maximum Gasteiger partial charge on any atom is 0.373 e. The van der Waals surface area contributed by atoms with Gasteiger partial charge in [0.05, 0.1) is 11.8 Å². The molecular weight excluding hydrogens is 418 g/mol. The number of urea groups is 1. The van der Waals surface area contributed by atoms with E-state index in [1.165, 1.54) is 12.3 Å². The molecule has 0 saturated heterocycles. The van der Waals surface area contributed by atoms with Gasteiger partial charge in [-0.05, 0) is 31.7 Å². The molecule has 0 aliphatic carbocycles. The second-order valence-corrected chi connectivity index (χ2v) is 5.98. The third-order valence-electron chi connectivity index (χ3n) is 3.69. The lowest BCUT2D eigenvalue weighted by atomic mass is 10.1. The number of hydrogen-bond donors (Lipinski definition) is 5. The summed E-state index contributed by atoms with van der Waals surface area (Å²) < 4.78 is 13.4. The zero-order valence-corrected chi connectivity index (χ0v) is 16.4. The summed E-state index contributed by atoms with van der Waals surface area (Å²) in [5.41, 5.74) is -0.0794. The summed E-state index contributed by atoms with van der Waals surface area (Å²) in [6.45, 7) is 0.618. The van der Waals surface area contributed by atoms with Crippen LogP contribution in [0.1, 0.15) is 42.5 Å². The highest BCUT2D eigenvalue weighted by molar-refractivity contribution is 5.94. The second-order valence-electron chi connectivity index (χ2n) is 5.98. The van der Waals surface area contributed by atoms with Crippen molar-refractivity contribution in [1.82, 2.24) is 20.9 Å². The van der Waals surface area contributed by atoms with E-state index in [0.29, 0.717) is 25.8 Å². The van der Waals surface area contributed by atoms with Crippen LogP contribution < -0.4 is 16.0 Å². The average Bonchev–Trinajstić information content (AvgIpc) is 2.70. The number of hydrogen-bond acceptors (Lipinski definition) is 7. The minimum atomic E-state index is -1.31. The molecule has 0 aliphatic rings. The van der Waals surface area contributed by atoms with Crippen LogP contribution in [0.4, 0.5) is 9.18 Å². The molecule has 1 aromatic heterocycles. The Morgan fingerprint density at radius 1 is 1.06 bits per heavy atom. The molecule has 5 N–H and O–H groups in total. The standard InChI is InChI=1S/C17H23FN4O6.CO2/c18-12-10-19-9-6-11(12)15(25)20-7-2-1-3-8-21-17(28)22-13(16(26)27)4-5-14(23)24;2-1-3/h6,9-10,13H,1-5,7-8H2,(H,20,25)(H,23,24)(H,26,27)(H2,21,22,28);/t13-;/m0./s1/i18-1;. The Hall–Kier alpha value is -3.86. The fraction of sp³-hybridized carbons (Fsp3) is 0.444. The van der Waals surface area contributed by atoms with E-state index in [1.54, 1.807) is 0 Å². The number of carboxylic acid groups (broad SMARTS) is 2. The van der Waals surface area contributed by atoms with E-state index in [0.717, 1.165) is 6.20 Å². The third kappa shape index (κ3) is 13.1. The van der Waals surface area contributed by atoms with Crippen LogP contribution in [0.15, 0.2) is 18.5 Å². The molecule has 13 heteroatoms. The molecule has 1 rings (SSSR count). The van der Waals surface area contributed by atoms with Crippen molar-refractivity contribution in [3.8, 4) is 0 Å². The first kappa shape index (κ1) is 27.1. The molecule has 0 saturated carbocycles. The summed E-state index contributed by atoms with van der Waals surface area (Å²) in [6.07, 6.45) is 3.81. The molecule has 31 heavy (non-hydrogen) atoms. The summed E-state index contributed by atoms with van der Waals surface area (Å²) >= 11 is 0. The summed E-state index contributed by atoms with van der Waals surface area (Å²) in [5, 5.41) is 24.8. The highest BCUT2D eigenvalue weighted by atomic mass is 18.2. The Labute approximate surface area is 176 Å². The first-order valence-corrected chi connectivity index (χ1v) is 9.08. The zero-order chi connectivity index (χ0) is 23.6. The quantitative estimate of drug-likeness (QED) is 0.281. The van der Waals surface area contributed by atoms with Crippen molar-refractivity contribution in [2.24, 2.45) is 0 Å². The Morgan fingerprint density at radius 2 is 1.68 bits per heavy atom. The SMILES string of the molecule is O=C(O)CC[C@H](NC(=O)NCCCCCNC(=O)c1ccncc1[18F])C(=O)O.O=C=O. The number of nitrogens with one attached hydrogen (secondary N) is 3. The van der Waals surface area contributed by atoms with Crippen molar-refractivity contribution in [3.05, 3.63) is 29.8 Å². The van der Waals surface area contributed by atoms with Crippen LogP contribution >= 0.6 is 0 Å². The van der Waals surface area contributed by atoms with Crippen LogP contribution in [-0.2, 0) is 19.2 Å². The van der Waals surface area contributed by atoms with Gasteiger partial charge in [0.15, 0.2) is 5.82 Å². The Balaban J connectivity index is 0.00000282. The van der Waals surface area contributed by atoms with E-state index >= 15 is 0 Å². The van der Waals surface area contributed by atoms with E-state index < -0.39 is 35.7 Å². The Kier molecular flexibility index (Phi) is 14.0. The number of carboxylic acids is 2. The van der Waals surface area contributed by atoms with Crippen LogP contribution in [0.3, 0.4) is 0 Å². The van der Waals surface area contributed by atoms with Crippen molar-refractivity contribution in [2.45, 2.75) is 38.1 Å². The zero-order valence-electron chi connectivity index (χ0n) is 16.4. The van der Waals surface area contributed by atoms with Gasteiger partial charge < -0.3 is 26.2 Å². The molecule has 1 atom stereocenters. The van der Waals surface area contributed by atoms with Crippen LogP contribution in [0.5, 0.6) is 0 Å². The van der Waals surface area contributed by atoms with Gasteiger partial charge in [-0.1, -0.05) is 0 Å². The molecular formula is C18H23FN4O8. The lowest BCUT2D eigenvalue weighted by molar-refractivity contribution is -0.191. The smallest absolute Gasteiger partial charge is 0.373 e. The fourth-order valence-corrected chi connectivity index (χ4v) is 2.22. The first-order chi connectivity index (χ1) is 14.7. The van der Waals surface area contributed by atoms with Gasteiger partial charge in [0.1, 0.15) is 6.04 Å². The molecule has 0 aliphatic heterocycles.